The van der Waals surface area contributed by atoms with Crippen molar-refractivity contribution in [2.75, 3.05) is 27.5 Å². The molecule has 41 heavy (non-hydrogen) atoms. The number of ether oxygens (including phenoxy) is 2. The predicted octanol–water partition coefficient (Wildman–Crippen LogP) is 2.59. The van der Waals surface area contributed by atoms with Crippen molar-refractivity contribution < 1.29 is 29.0 Å². The number of aliphatic hydroxyl groups excluding tert-OH is 1. The minimum absolute atomic E-state index is 0.0191. The second-order valence-corrected chi connectivity index (χ2v) is 11.9. The average molecular weight is 563 g/mol. The molecule has 2 unspecified atom stereocenters. The van der Waals surface area contributed by atoms with Crippen LogP contribution in [-0.4, -0.2) is 84.0 Å². The minimum Gasteiger partial charge on any atom is -0.507 e. The van der Waals surface area contributed by atoms with E-state index in [-0.39, 0.29) is 66.6 Å². The van der Waals surface area contributed by atoms with Gasteiger partial charge in [-0.2, -0.15) is 5.26 Å². The number of piperazine rings is 1. The van der Waals surface area contributed by atoms with Crippen molar-refractivity contribution >= 4 is 17.5 Å². The third-order valence-corrected chi connectivity index (χ3v) is 9.34. The monoisotopic (exact) mass is 562 g/mol. The lowest BCUT2D eigenvalue weighted by atomic mass is 9.69. The number of Topliss-reactive ketones (excluding diaryl/α,β-unsaturated/α-hetero) is 2. The molecule has 5 atom stereocenters. The predicted molar refractivity (Wildman–Crippen MR) is 150 cm³/mol. The van der Waals surface area contributed by atoms with E-state index >= 15 is 0 Å². The van der Waals surface area contributed by atoms with Gasteiger partial charge < -0.3 is 19.9 Å². The SMILES string of the molecule is COCOc1c(C)c(C)cc2c1[C@@H]1C3CC4=C(C(=O)C(=O)C(C)=C4O)[C@H](CNC(=O)C(C)C)N3C(C#N)[C@H](C2)N1C. The van der Waals surface area contributed by atoms with Crippen LogP contribution in [0.3, 0.4) is 0 Å². The number of fused-ring (bicyclic) bond motifs is 6. The largest absolute Gasteiger partial charge is 0.507 e. The molecular formula is C31H38N4O6. The summed E-state index contributed by atoms with van der Waals surface area (Å²) in [4.78, 5) is 43.3. The summed E-state index contributed by atoms with van der Waals surface area (Å²) >= 11 is 0. The fourth-order valence-electron chi connectivity index (χ4n) is 7.13. The Morgan fingerprint density at radius 2 is 1.90 bits per heavy atom. The Bertz CT molecular complexity index is 1440. The fourth-order valence-corrected chi connectivity index (χ4v) is 7.13. The first-order chi connectivity index (χ1) is 19.4. The second-order valence-electron chi connectivity index (χ2n) is 11.9. The Kier molecular flexibility index (Phi) is 7.57. The van der Waals surface area contributed by atoms with Crippen LogP contribution in [0.5, 0.6) is 5.75 Å². The van der Waals surface area contributed by atoms with Gasteiger partial charge >= 0.3 is 0 Å². The molecule has 1 aliphatic carbocycles. The van der Waals surface area contributed by atoms with Crippen molar-refractivity contribution in [3.05, 3.63) is 50.8 Å². The number of ketones is 2. The molecule has 0 aromatic heterocycles. The van der Waals surface area contributed by atoms with Crippen LogP contribution in [0.1, 0.15) is 55.5 Å². The van der Waals surface area contributed by atoms with Crippen molar-refractivity contribution in [1.82, 2.24) is 15.1 Å². The Balaban J connectivity index is 1.73. The Labute approximate surface area is 240 Å². The van der Waals surface area contributed by atoms with E-state index in [1.807, 2.05) is 25.8 Å². The number of allylic oxidation sites excluding steroid dienone is 2. The summed E-state index contributed by atoms with van der Waals surface area (Å²) in [6.45, 7) is 9.17. The van der Waals surface area contributed by atoms with Crippen molar-refractivity contribution in [2.45, 2.75) is 77.7 Å². The van der Waals surface area contributed by atoms with Gasteiger partial charge in [0.05, 0.1) is 18.2 Å². The van der Waals surface area contributed by atoms with Crippen LogP contribution in [-0.2, 0) is 25.5 Å². The lowest BCUT2D eigenvalue weighted by Crippen LogP contribution is -2.71. The smallest absolute Gasteiger partial charge is 0.232 e. The van der Waals surface area contributed by atoms with Crippen LogP contribution in [0.25, 0.3) is 0 Å². The van der Waals surface area contributed by atoms with Gasteiger partial charge in [-0.3, -0.25) is 24.2 Å². The van der Waals surface area contributed by atoms with E-state index in [1.165, 1.54) is 6.92 Å². The number of amides is 1. The molecule has 3 heterocycles. The van der Waals surface area contributed by atoms with Crippen molar-refractivity contribution in [2.24, 2.45) is 5.92 Å². The maximum absolute atomic E-state index is 13.5. The number of nitrogens with zero attached hydrogens (tertiary/aromatic N) is 3. The Morgan fingerprint density at radius 3 is 2.54 bits per heavy atom. The molecule has 4 aliphatic rings. The van der Waals surface area contributed by atoms with Crippen LogP contribution in [0.2, 0.25) is 0 Å². The number of aliphatic hydroxyl groups is 1. The van der Waals surface area contributed by atoms with E-state index in [2.05, 4.69) is 22.4 Å². The summed E-state index contributed by atoms with van der Waals surface area (Å²) in [7, 11) is 3.58. The Hall–Kier alpha value is -3.52. The number of aryl methyl sites for hydroxylation is 1. The number of benzene rings is 1. The third-order valence-electron chi connectivity index (χ3n) is 9.34. The topological polar surface area (TPSA) is 132 Å². The van der Waals surface area contributed by atoms with E-state index in [0.29, 0.717) is 12.0 Å². The number of methoxy groups -OCH3 is 1. The molecule has 1 saturated heterocycles. The van der Waals surface area contributed by atoms with Crippen molar-refractivity contribution in [1.29, 1.82) is 5.26 Å². The average Bonchev–Trinajstić information content (AvgIpc) is 2.94. The fraction of sp³-hybridized carbons (Fsp3) is 0.548. The number of hydrogen-bond donors (Lipinski definition) is 2. The van der Waals surface area contributed by atoms with Gasteiger partial charge in [-0.1, -0.05) is 19.9 Å². The third kappa shape index (κ3) is 4.38. The van der Waals surface area contributed by atoms with Crippen LogP contribution in [0, 0.1) is 31.1 Å². The van der Waals surface area contributed by atoms with E-state index in [4.69, 9.17) is 9.47 Å². The molecule has 0 spiro atoms. The zero-order chi connectivity index (χ0) is 29.9. The zero-order valence-corrected chi connectivity index (χ0v) is 24.7. The standard InChI is InChI=1S/C31H38N4O6/c1-14(2)31(39)33-12-23-25-19(27(36)17(5)28(37)29(25)38)10-21-26-24-18(8-15(3)16(4)30(24)41-13-40-7)9-20(34(26)6)22(11-32)35(21)23/h8,14,20-23,26,36H,9-10,12-13H2,1-7H3,(H,33,39)/t20-,21?,22?,23-,26-/m0/s1. The number of hydrogen-bond acceptors (Lipinski definition) is 9. The molecule has 3 aliphatic heterocycles. The first-order valence-electron chi connectivity index (χ1n) is 14.1. The molecule has 1 aromatic rings. The van der Waals surface area contributed by atoms with Gasteiger partial charge in [0.1, 0.15) is 17.6 Å². The molecule has 2 N–H and O–H groups in total. The van der Waals surface area contributed by atoms with E-state index < -0.39 is 23.7 Å². The minimum atomic E-state index is -0.766. The first kappa shape index (κ1) is 29.0. The molecule has 1 amide bonds. The molecule has 10 heteroatoms. The van der Waals surface area contributed by atoms with Crippen molar-refractivity contribution in [3.8, 4) is 11.8 Å². The molecular weight excluding hydrogens is 524 g/mol. The van der Waals surface area contributed by atoms with Crippen LogP contribution >= 0.6 is 0 Å². The number of nitrogens with one attached hydrogen (secondary N) is 1. The van der Waals surface area contributed by atoms with E-state index in [1.54, 1.807) is 21.0 Å². The first-order valence-corrected chi connectivity index (χ1v) is 14.1. The van der Waals surface area contributed by atoms with Gasteiger partial charge in [-0.05, 0) is 57.4 Å². The molecule has 10 nitrogen and oxygen atoms in total. The lowest BCUT2D eigenvalue weighted by molar-refractivity contribution is -0.134. The second kappa shape index (κ2) is 10.7. The molecule has 1 aromatic carbocycles. The molecule has 0 saturated carbocycles. The number of nitriles is 1. The summed E-state index contributed by atoms with van der Waals surface area (Å²) in [6.07, 6.45) is 0.838. The normalized spacial score (nSPS) is 27.8. The molecule has 2 bridgehead atoms. The molecule has 218 valence electrons. The lowest BCUT2D eigenvalue weighted by Gasteiger charge is -2.60. The van der Waals surface area contributed by atoms with Crippen molar-refractivity contribution in [3.63, 3.8) is 0 Å². The maximum Gasteiger partial charge on any atom is 0.232 e. The number of carbonyl (C=O) groups excluding carboxylic acids is 3. The van der Waals surface area contributed by atoms with Crippen LogP contribution in [0.15, 0.2) is 28.5 Å². The van der Waals surface area contributed by atoms with Crippen LogP contribution in [0.4, 0.5) is 0 Å². The summed E-state index contributed by atoms with van der Waals surface area (Å²) in [6, 6.07) is 2.45. The van der Waals surface area contributed by atoms with Gasteiger partial charge in [-0.25, -0.2) is 0 Å². The van der Waals surface area contributed by atoms with Gasteiger partial charge in [0.15, 0.2) is 6.79 Å². The van der Waals surface area contributed by atoms with E-state index in [0.717, 1.165) is 28.0 Å². The Morgan fingerprint density at radius 1 is 1.20 bits per heavy atom. The molecule has 1 fully saturated rings. The summed E-state index contributed by atoms with van der Waals surface area (Å²) in [5.74, 6) is -1.38. The number of rotatable bonds is 6. The van der Waals surface area contributed by atoms with Crippen LogP contribution < -0.4 is 10.1 Å². The highest BCUT2D eigenvalue weighted by atomic mass is 16.7. The summed E-state index contributed by atoms with van der Waals surface area (Å²) < 4.78 is 11.5. The quantitative estimate of drug-likeness (QED) is 0.305. The highest BCUT2D eigenvalue weighted by Crippen LogP contribution is 2.52. The van der Waals surface area contributed by atoms with Gasteiger partial charge in [0.2, 0.25) is 17.5 Å². The maximum atomic E-state index is 13.5. The highest BCUT2D eigenvalue weighted by molar-refractivity contribution is 6.50. The number of likely N-dealkylation sites (N-methyl/N-ethyl adjacent to an activating group) is 1. The van der Waals surface area contributed by atoms with Gasteiger partial charge in [-0.15, -0.1) is 0 Å². The highest BCUT2D eigenvalue weighted by Gasteiger charge is 2.57. The molecule has 5 rings (SSSR count). The summed E-state index contributed by atoms with van der Waals surface area (Å²) in [5.41, 5.74) is 4.79. The van der Waals surface area contributed by atoms with Gasteiger partial charge in [0, 0.05) is 53.9 Å². The summed E-state index contributed by atoms with van der Waals surface area (Å²) in [5, 5.41) is 24.7. The molecule has 0 radical (unpaired) electrons. The zero-order valence-electron chi connectivity index (χ0n) is 24.7. The van der Waals surface area contributed by atoms with E-state index in [9.17, 15) is 24.8 Å². The number of carbonyl (C=O) groups is 3. The van der Waals surface area contributed by atoms with Gasteiger partial charge in [0.25, 0.3) is 0 Å².